The Morgan fingerprint density at radius 2 is 1.86 bits per heavy atom. The van der Waals surface area contributed by atoms with E-state index >= 15 is 0 Å². The number of nitrogens with one attached hydrogen (secondary N) is 1. The summed E-state index contributed by atoms with van der Waals surface area (Å²) in [5.74, 6) is 0. The number of hydrogen-bond donors (Lipinski definition) is 1. The van der Waals surface area contributed by atoms with Gasteiger partial charge in [0.15, 0.2) is 0 Å². The van der Waals surface area contributed by atoms with Gasteiger partial charge < -0.3 is 10.2 Å². The fourth-order valence-electron chi connectivity index (χ4n) is 2.62. The van der Waals surface area contributed by atoms with Crippen molar-refractivity contribution in [3.8, 4) is 0 Å². The van der Waals surface area contributed by atoms with E-state index in [0.29, 0.717) is 16.6 Å². The van der Waals surface area contributed by atoms with Gasteiger partial charge in [-0.2, -0.15) is 0 Å². The molecule has 0 spiro atoms. The van der Waals surface area contributed by atoms with E-state index in [2.05, 4.69) is 17.1 Å². The van der Waals surface area contributed by atoms with E-state index in [0.717, 1.165) is 32.5 Å². The zero-order valence-corrected chi connectivity index (χ0v) is 13.9. The highest BCUT2D eigenvalue weighted by molar-refractivity contribution is 7.89. The highest BCUT2D eigenvalue weighted by Crippen LogP contribution is 2.25. The third kappa shape index (κ3) is 3.75. The van der Waals surface area contributed by atoms with E-state index in [9.17, 15) is 8.42 Å². The first-order chi connectivity index (χ1) is 9.95. The van der Waals surface area contributed by atoms with Gasteiger partial charge in [0.05, 0.1) is 5.69 Å². The van der Waals surface area contributed by atoms with Crippen molar-refractivity contribution >= 4 is 15.7 Å². The number of nitrogens with zero attached hydrogens (tertiary/aromatic N) is 2. The maximum atomic E-state index is 12.4. The summed E-state index contributed by atoms with van der Waals surface area (Å²) in [7, 11) is -0.291. The molecule has 0 radical (unpaired) electrons. The minimum Gasteiger partial charge on any atom is -0.381 e. The molecule has 0 amide bonds. The van der Waals surface area contributed by atoms with Crippen molar-refractivity contribution in [3.05, 3.63) is 24.3 Å². The maximum Gasteiger partial charge on any atom is 0.244 e. The summed E-state index contributed by atoms with van der Waals surface area (Å²) in [5.41, 5.74) is 0.709. The van der Waals surface area contributed by atoms with Gasteiger partial charge in [0, 0.05) is 33.2 Å². The molecule has 1 heterocycles. The molecule has 1 N–H and O–H groups in total. The second-order valence-corrected chi connectivity index (χ2v) is 7.76. The molecular weight excluding hydrogens is 286 g/mol. The van der Waals surface area contributed by atoms with Crippen LogP contribution in [0, 0.1) is 0 Å². The van der Waals surface area contributed by atoms with Gasteiger partial charge in [-0.15, -0.1) is 0 Å². The van der Waals surface area contributed by atoms with Crippen LogP contribution in [-0.4, -0.2) is 57.4 Å². The van der Waals surface area contributed by atoms with Gasteiger partial charge in [-0.05, 0) is 31.5 Å². The summed E-state index contributed by atoms with van der Waals surface area (Å²) >= 11 is 0. The first kappa shape index (κ1) is 16.3. The van der Waals surface area contributed by atoms with Crippen molar-refractivity contribution in [1.29, 1.82) is 0 Å². The predicted octanol–water partition coefficient (Wildman–Crippen LogP) is 1.83. The molecule has 2 rings (SSSR count). The molecule has 1 saturated heterocycles. The lowest BCUT2D eigenvalue weighted by Crippen LogP contribution is -2.39. The van der Waals surface area contributed by atoms with Gasteiger partial charge in [-0.3, -0.25) is 0 Å². The van der Waals surface area contributed by atoms with Crippen LogP contribution in [0.2, 0.25) is 0 Å². The number of para-hydroxylation sites is 1. The molecular formula is C15H25N3O2S. The topological polar surface area (TPSA) is 52.7 Å². The van der Waals surface area contributed by atoms with E-state index in [1.807, 2.05) is 12.1 Å². The minimum absolute atomic E-state index is 0.339. The number of hydrogen-bond acceptors (Lipinski definition) is 4. The van der Waals surface area contributed by atoms with Gasteiger partial charge in [-0.25, -0.2) is 12.7 Å². The second-order valence-electron chi connectivity index (χ2n) is 5.64. The Balaban J connectivity index is 2.15. The zero-order valence-electron chi connectivity index (χ0n) is 13.0. The molecule has 118 valence electrons. The van der Waals surface area contributed by atoms with Crippen molar-refractivity contribution in [3.63, 3.8) is 0 Å². The Morgan fingerprint density at radius 1 is 1.24 bits per heavy atom. The Hall–Kier alpha value is -1.11. The molecule has 1 aliphatic heterocycles. The molecule has 0 aromatic heterocycles. The molecule has 1 aromatic carbocycles. The lowest BCUT2D eigenvalue weighted by Gasteiger charge is -2.32. The molecule has 0 saturated carbocycles. The first-order valence-electron chi connectivity index (χ1n) is 7.45. The smallest absolute Gasteiger partial charge is 0.244 e. The third-order valence-corrected chi connectivity index (χ3v) is 5.91. The van der Waals surface area contributed by atoms with Gasteiger partial charge in [-0.1, -0.05) is 19.1 Å². The molecule has 0 aliphatic carbocycles. The number of sulfonamides is 1. The van der Waals surface area contributed by atoms with Crippen molar-refractivity contribution < 1.29 is 8.42 Å². The van der Waals surface area contributed by atoms with Crippen molar-refractivity contribution in [2.45, 2.75) is 30.7 Å². The number of piperidine rings is 1. The Bertz CT molecular complexity index is 564. The summed E-state index contributed by atoms with van der Waals surface area (Å²) in [5, 5.41) is 3.42. The Kier molecular flexibility index (Phi) is 5.24. The molecule has 0 bridgehead atoms. The summed E-state index contributed by atoms with van der Waals surface area (Å²) in [6.07, 6.45) is 2.09. The minimum atomic E-state index is -3.41. The summed E-state index contributed by atoms with van der Waals surface area (Å²) in [6, 6.07) is 7.49. The SMILES string of the molecule is CCN1CCC(Nc2ccccc2S(=O)(=O)N(C)C)CC1. The van der Waals surface area contributed by atoms with Gasteiger partial charge >= 0.3 is 0 Å². The molecule has 6 heteroatoms. The van der Waals surface area contributed by atoms with E-state index in [1.54, 1.807) is 26.2 Å². The van der Waals surface area contributed by atoms with Crippen LogP contribution in [-0.2, 0) is 10.0 Å². The molecule has 0 atom stereocenters. The summed E-state index contributed by atoms with van der Waals surface area (Å²) < 4.78 is 26.0. The normalized spacial score (nSPS) is 18.1. The van der Waals surface area contributed by atoms with Gasteiger partial charge in [0.2, 0.25) is 10.0 Å². The number of rotatable bonds is 5. The standard InChI is InChI=1S/C15H25N3O2S/c1-4-18-11-9-13(10-12-18)16-14-7-5-6-8-15(14)21(19,20)17(2)3/h5-8,13,16H,4,9-12H2,1-3H3. The average molecular weight is 311 g/mol. The second kappa shape index (κ2) is 6.77. The zero-order chi connectivity index (χ0) is 15.5. The predicted molar refractivity (Wildman–Crippen MR) is 86.1 cm³/mol. The lowest BCUT2D eigenvalue weighted by molar-refractivity contribution is 0.229. The lowest BCUT2D eigenvalue weighted by atomic mass is 10.0. The highest BCUT2D eigenvalue weighted by atomic mass is 32.2. The first-order valence-corrected chi connectivity index (χ1v) is 8.89. The molecule has 21 heavy (non-hydrogen) atoms. The summed E-state index contributed by atoms with van der Waals surface area (Å²) in [6.45, 7) is 5.39. The van der Waals surface area contributed by atoms with Crippen molar-refractivity contribution in [1.82, 2.24) is 9.21 Å². The third-order valence-electron chi connectivity index (χ3n) is 4.04. The van der Waals surface area contributed by atoms with E-state index in [-0.39, 0.29) is 0 Å². The maximum absolute atomic E-state index is 12.4. The number of likely N-dealkylation sites (tertiary alicyclic amines) is 1. The van der Waals surface area contributed by atoms with E-state index < -0.39 is 10.0 Å². The Morgan fingerprint density at radius 3 is 2.43 bits per heavy atom. The van der Waals surface area contributed by atoms with Crippen molar-refractivity contribution in [2.24, 2.45) is 0 Å². The van der Waals surface area contributed by atoms with Crippen LogP contribution in [0.25, 0.3) is 0 Å². The van der Waals surface area contributed by atoms with Gasteiger partial charge in [0.25, 0.3) is 0 Å². The fourth-order valence-corrected chi connectivity index (χ4v) is 3.67. The summed E-state index contributed by atoms with van der Waals surface area (Å²) in [4.78, 5) is 2.77. The molecule has 1 aliphatic rings. The molecule has 1 aromatic rings. The fraction of sp³-hybridized carbons (Fsp3) is 0.600. The van der Waals surface area contributed by atoms with E-state index in [1.165, 1.54) is 4.31 Å². The van der Waals surface area contributed by atoms with Crippen molar-refractivity contribution in [2.75, 3.05) is 39.0 Å². The van der Waals surface area contributed by atoms with Crippen LogP contribution in [0.1, 0.15) is 19.8 Å². The van der Waals surface area contributed by atoms with E-state index in [4.69, 9.17) is 0 Å². The van der Waals surface area contributed by atoms with Crippen LogP contribution in [0.5, 0.6) is 0 Å². The molecule has 1 fully saturated rings. The number of benzene rings is 1. The Labute approximate surface area is 128 Å². The van der Waals surface area contributed by atoms with Crippen LogP contribution in [0.15, 0.2) is 29.2 Å². The largest absolute Gasteiger partial charge is 0.381 e. The average Bonchev–Trinajstić information content (AvgIpc) is 2.48. The molecule has 5 nitrogen and oxygen atoms in total. The van der Waals surface area contributed by atoms with Crippen LogP contribution in [0.3, 0.4) is 0 Å². The van der Waals surface area contributed by atoms with Crippen LogP contribution in [0.4, 0.5) is 5.69 Å². The number of anilines is 1. The highest BCUT2D eigenvalue weighted by Gasteiger charge is 2.23. The molecule has 0 unspecified atom stereocenters. The monoisotopic (exact) mass is 311 g/mol. The van der Waals surface area contributed by atoms with Crippen LogP contribution < -0.4 is 5.32 Å². The quantitative estimate of drug-likeness (QED) is 0.901. The van der Waals surface area contributed by atoms with Crippen LogP contribution >= 0.6 is 0 Å². The van der Waals surface area contributed by atoms with Gasteiger partial charge in [0.1, 0.15) is 4.90 Å².